The first kappa shape index (κ1) is 19.0. The van der Waals surface area contributed by atoms with E-state index in [1.165, 1.54) is 39.3 Å². The molecule has 2 heterocycles. The van der Waals surface area contributed by atoms with E-state index in [0.29, 0.717) is 30.2 Å². The first-order chi connectivity index (χ1) is 13.8. The summed E-state index contributed by atoms with van der Waals surface area (Å²) in [5, 5.41) is 13.7. The predicted octanol–water partition coefficient (Wildman–Crippen LogP) is 1.90. The standard InChI is InChI=1S/C18H17FN6O3S/c1-12-21-22-23-25(12)15-7-8-16(19)17(11-15)20-18(26)13-3-5-14(6-4-13)24-9-2-10-29(24,27)28/h3-8,11H,2,9-10H2,1H3,(H,20,26). The third kappa shape index (κ3) is 3.68. The summed E-state index contributed by atoms with van der Waals surface area (Å²) in [6.07, 6.45) is 0.570. The van der Waals surface area contributed by atoms with Gasteiger partial charge < -0.3 is 5.32 Å². The SMILES string of the molecule is Cc1nnnn1-c1ccc(F)c(NC(=O)c2ccc(N3CCCS3(=O)=O)cc2)c1. The fraction of sp³-hybridized carbons (Fsp3) is 0.222. The number of benzene rings is 2. The highest BCUT2D eigenvalue weighted by Gasteiger charge is 2.28. The smallest absolute Gasteiger partial charge is 0.255 e. The Balaban J connectivity index is 1.55. The van der Waals surface area contributed by atoms with Gasteiger partial charge in [0.1, 0.15) is 5.82 Å². The predicted molar refractivity (Wildman–Crippen MR) is 104 cm³/mol. The van der Waals surface area contributed by atoms with Gasteiger partial charge in [0.15, 0.2) is 5.82 Å². The van der Waals surface area contributed by atoms with Crippen molar-refractivity contribution in [3.63, 3.8) is 0 Å². The maximum absolute atomic E-state index is 14.2. The number of rotatable bonds is 4. The van der Waals surface area contributed by atoms with Crippen LogP contribution in [-0.2, 0) is 10.0 Å². The minimum atomic E-state index is -3.29. The fourth-order valence-corrected chi connectivity index (χ4v) is 4.68. The van der Waals surface area contributed by atoms with Crippen molar-refractivity contribution in [2.24, 2.45) is 0 Å². The second-order valence-corrected chi connectivity index (χ2v) is 8.56. The largest absolute Gasteiger partial charge is 0.319 e. The summed E-state index contributed by atoms with van der Waals surface area (Å²) < 4.78 is 40.9. The van der Waals surface area contributed by atoms with Gasteiger partial charge in [0.2, 0.25) is 10.0 Å². The summed E-state index contributed by atoms with van der Waals surface area (Å²) in [6, 6.07) is 10.3. The lowest BCUT2D eigenvalue weighted by atomic mass is 10.1. The fourth-order valence-electron chi connectivity index (χ4n) is 3.11. The highest BCUT2D eigenvalue weighted by molar-refractivity contribution is 7.93. The van der Waals surface area contributed by atoms with Gasteiger partial charge in [-0.2, -0.15) is 4.68 Å². The number of aromatic nitrogens is 4. The summed E-state index contributed by atoms with van der Waals surface area (Å²) in [5.41, 5.74) is 1.25. The van der Waals surface area contributed by atoms with Crippen molar-refractivity contribution >= 4 is 27.3 Å². The maximum atomic E-state index is 14.2. The molecule has 4 rings (SSSR count). The molecule has 0 bridgehead atoms. The minimum Gasteiger partial charge on any atom is -0.319 e. The number of nitrogens with one attached hydrogen (secondary N) is 1. The van der Waals surface area contributed by atoms with Gasteiger partial charge in [0, 0.05) is 12.1 Å². The van der Waals surface area contributed by atoms with Gasteiger partial charge in [0.25, 0.3) is 5.91 Å². The summed E-state index contributed by atoms with van der Waals surface area (Å²) in [6.45, 7) is 2.12. The Morgan fingerprint density at radius 1 is 1.14 bits per heavy atom. The second-order valence-electron chi connectivity index (χ2n) is 6.54. The van der Waals surface area contributed by atoms with E-state index in [0.717, 1.165) is 0 Å². The average Bonchev–Trinajstić information content (AvgIpc) is 3.28. The molecule has 0 unspecified atom stereocenters. The molecule has 1 aromatic heterocycles. The number of hydrogen-bond donors (Lipinski definition) is 1. The molecule has 1 aliphatic rings. The maximum Gasteiger partial charge on any atom is 0.255 e. The van der Waals surface area contributed by atoms with Crippen molar-refractivity contribution in [2.75, 3.05) is 21.9 Å². The van der Waals surface area contributed by atoms with E-state index in [9.17, 15) is 17.6 Å². The van der Waals surface area contributed by atoms with Crippen molar-refractivity contribution in [2.45, 2.75) is 13.3 Å². The normalized spacial score (nSPS) is 15.4. The van der Waals surface area contributed by atoms with E-state index in [2.05, 4.69) is 20.8 Å². The van der Waals surface area contributed by atoms with E-state index < -0.39 is 21.7 Å². The van der Waals surface area contributed by atoms with Crippen molar-refractivity contribution in [3.05, 3.63) is 59.7 Å². The molecule has 0 aliphatic carbocycles. The molecule has 1 N–H and O–H groups in total. The van der Waals surface area contributed by atoms with Crippen molar-refractivity contribution in [1.29, 1.82) is 0 Å². The zero-order chi connectivity index (χ0) is 20.6. The lowest BCUT2D eigenvalue weighted by Crippen LogP contribution is -2.25. The Morgan fingerprint density at radius 3 is 2.48 bits per heavy atom. The molecular weight excluding hydrogens is 399 g/mol. The van der Waals surface area contributed by atoms with Gasteiger partial charge >= 0.3 is 0 Å². The quantitative estimate of drug-likeness (QED) is 0.696. The van der Waals surface area contributed by atoms with E-state index in [1.807, 2.05) is 0 Å². The van der Waals surface area contributed by atoms with Gasteiger partial charge in [0.05, 0.1) is 22.8 Å². The Hall–Kier alpha value is -3.34. The van der Waals surface area contributed by atoms with Gasteiger partial charge in [-0.15, -0.1) is 5.10 Å². The molecule has 0 radical (unpaired) electrons. The van der Waals surface area contributed by atoms with Crippen molar-refractivity contribution in [1.82, 2.24) is 20.2 Å². The molecule has 11 heteroatoms. The minimum absolute atomic E-state index is 0.0198. The van der Waals surface area contributed by atoms with Gasteiger partial charge in [-0.3, -0.25) is 9.10 Å². The average molecular weight is 416 g/mol. The monoisotopic (exact) mass is 416 g/mol. The highest BCUT2D eigenvalue weighted by Crippen LogP contribution is 2.25. The van der Waals surface area contributed by atoms with Gasteiger partial charge in [-0.25, -0.2) is 12.8 Å². The van der Waals surface area contributed by atoms with Crippen LogP contribution in [0.2, 0.25) is 0 Å². The van der Waals surface area contributed by atoms with Crippen LogP contribution >= 0.6 is 0 Å². The number of tetrazole rings is 1. The van der Waals surface area contributed by atoms with Crippen molar-refractivity contribution in [3.8, 4) is 5.69 Å². The van der Waals surface area contributed by atoms with Crippen LogP contribution in [0.1, 0.15) is 22.6 Å². The molecule has 1 amide bonds. The van der Waals surface area contributed by atoms with Crippen LogP contribution in [0, 0.1) is 12.7 Å². The first-order valence-corrected chi connectivity index (χ1v) is 10.4. The number of halogens is 1. The van der Waals surface area contributed by atoms with Gasteiger partial charge in [-0.05, 0) is 66.2 Å². The van der Waals surface area contributed by atoms with E-state index >= 15 is 0 Å². The first-order valence-electron chi connectivity index (χ1n) is 8.82. The van der Waals surface area contributed by atoms with Gasteiger partial charge in [-0.1, -0.05) is 0 Å². The third-order valence-electron chi connectivity index (χ3n) is 4.58. The summed E-state index contributed by atoms with van der Waals surface area (Å²) >= 11 is 0. The molecule has 0 saturated carbocycles. The van der Waals surface area contributed by atoms with Crippen LogP contribution in [0.15, 0.2) is 42.5 Å². The molecule has 1 aliphatic heterocycles. The van der Waals surface area contributed by atoms with Crippen LogP contribution in [0.25, 0.3) is 5.69 Å². The van der Waals surface area contributed by atoms with Crippen LogP contribution in [0.3, 0.4) is 0 Å². The zero-order valence-electron chi connectivity index (χ0n) is 15.4. The third-order valence-corrected chi connectivity index (χ3v) is 6.45. The molecule has 29 heavy (non-hydrogen) atoms. The highest BCUT2D eigenvalue weighted by atomic mass is 32.2. The van der Waals surface area contributed by atoms with Crippen molar-refractivity contribution < 1.29 is 17.6 Å². The van der Waals surface area contributed by atoms with E-state index in [4.69, 9.17) is 0 Å². The zero-order valence-corrected chi connectivity index (χ0v) is 16.2. The number of anilines is 2. The Kier molecular flexibility index (Phi) is 4.74. The number of amides is 1. The Bertz CT molecular complexity index is 1180. The summed E-state index contributed by atoms with van der Waals surface area (Å²) in [4.78, 5) is 12.5. The molecule has 1 saturated heterocycles. The lowest BCUT2D eigenvalue weighted by Gasteiger charge is -2.17. The Morgan fingerprint density at radius 2 is 1.86 bits per heavy atom. The molecule has 0 atom stereocenters. The summed E-state index contributed by atoms with van der Waals surface area (Å²) in [5.74, 6) is -0.495. The topological polar surface area (TPSA) is 110 Å². The number of nitrogens with zero attached hydrogens (tertiary/aromatic N) is 5. The molecule has 150 valence electrons. The lowest BCUT2D eigenvalue weighted by molar-refractivity contribution is 0.102. The van der Waals surface area contributed by atoms with Crippen LogP contribution in [0.4, 0.5) is 15.8 Å². The Labute approximate surface area is 166 Å². The molecule has 3 aromatic rings. The molecule has 1 fully saturated rings. The molecule has 0 spiro atoms. The van der Waals surface area contributed by atoms with E-state index in [-0.39, 0.29) is 17.0 Å². The van der Waals surface area contributed by atoms with Crippen LogP contribution in [0.5, 0.6) is 0 Å². The molecule has 9 nitrogen and oxygen atoms in total. The number of aryl methyl sites for hydroxylation is 1. The number of carbonyl (C=O) groups is 1. The van der Waals surface area contributed by atoms with E-state index in [1.54, 1.807) is 19.1 Å². The number of hydrogen-bond acceptors (Lipinski definition) is 6. The summed E-state index contributed by atoms with van der Waals surface area (Å²) in [7, 11) is -3.29. The second kappa shape index (κ2) is 7.24. The molecule has 2 aromatic carbocycles. The number of carbonyl (C=O) groups excluding carboxylic acids is 1. The number of sulfonamides is 1. The van der Waals surface area contributed by atoms with Crippen LogP contribution < -0.4 is 9.62 Å². The molecular formula is C18H17FN6O3S. The van der Waals surface area contributed by atoms with Crippen LogP contribution in [-0.4, -0.2) is 46.8 Å².